The monoisotopic (exact) mass is 292 g/mol. The van der Waals surface area contributed by atoms with Crippen LogP contribution in [0.5, 0.6) is 0 Å². The van der Waals surface area contributed by atoms with Gasteiger partial charge in [-0.1, -0.05) is 17.7 Å². The van der Waals surface area contributed by atoms with Gasteiger partial charge in [-0.2, -0.15) is 0 Å². The third kappa shape index (κ3) is 2.91. The molecule has 0 aliphatic carbocycles. The number of halogens is 2. The van der Waals surface area contributed by atoms with Crippen LogP contribution in [0.4, 0.5) is 15.8 Å². The molecule has 0 saturated carbocycles. The molecule has 2 rings (SSSR count). The molecule has 3 nitrogen and oxygen atoms in total. The number of carbonyl (C=O) groups is 1. The van der Waals surface area contributed by atoms with Gasteiger partial charge in [-0.25, -0.2) is 4.39 Å². The van der Waals surface area contributed by atoms with Gasteiger partial charge in [0.25, 0.3) is 5.91 Å². The first-order valence-corrected chi connectivity index (χ1v) is 6.39. The van der Waals surface area contributed by atoms with Gasteiger partial charge in [0.15, 0.2) is 0 Å². The van der Waals surface area contributed by atoms with Crippen LogP contribution < -0.4 is 11.1 Å². The van der Waals surface area contributed by atoms with Crippen molar-refractivity contribution in [2.24, 2.45) is 0 Å². The molecule has 1 amide bonds. The van der Waals surface area contributed by atoms with E-state index < -0.39 is 11.7 Å². The first kappa shape index (κ1) is 14.3. The molecule has 104 valence electrons. The van der Waals surface area contributed by atoms with Gasteiger partial charge in [-0.05, 0) is 49.2 Å². The van der Waals surface area contributed by atoms with Gasteiger partial charge >= 0.3 is 0 Å². The number of nitrogen functional groups attached to an aromatic ring is 1. The lowest BCUT2D eigenvalue weighted by Crippen LogP contribution is -2.15. The molecule has 0 heterocycles. The summed E-state index contributed by atoms with van der Waals surface area (Å²) in [6, 6.07) is 7.45. The van der Waals surface area contributed by atoms with Crippen LogP contribution in [0.1, 0.15) is 21.5 Å². The second-order valence-electron chi connectivity index (χ2n) is 4.60. The molecule has 0 saturated heterocycles. The summed E-state index contributed by atoms with van der Waals surface area (Å²) in [5, 5.41) is 2.90. The summed E-state index contributed by atoms with van der Waals surface area (Å²) >= 11 is 5.66. The smallest absolute Gasteiger partial charge is 0.258 e. The fraction of sp³-hybridized carbons (Fsp3) is 0.133. The molecule has 3 N–H and O–H groups in total. The zero-order valence-electron chi connectivity index (χ0n) is 11.1. The van der Waals surface area contributed by atoms with Crippen LogP contribution in [-0.4, -0.2) is 5.91 Å². The largest absolute Gasteiger partial charge is 0.398 e. The van der Waals surface area contributed by atoms with Crippen molar-refractivity contribution in [1.82, 2.24) is 0 Å². The van der Waals surface area contributed by atoms with Gasteiger partial charge in [0.2, 0.25) is 0 Å². The zero-order valence-corrected chi connectivity index (χ0v) is 11.9. The Bertz CT molecular complexity index is 686. The molecule has 0 spiro atoms. The minimum atomic E-state index is -0.660. The Hall–Kier alpha value is -2.07. The van der Waals surface area contributed by atoms with Crippen molar-refractivity contribution in [3.05, 3.63) is 57.9 Å². The molecule has 0 aromatic heterocycles. The normalized spacial score (nSPS) is 10.4. The van der Waals surface area contributed by atoms with Crippen LogP contribution in [0, 0.1) is 19.7 Å². The molecule has 0 atom stereocenters. The van der Waals surface area contributed by atoms with Crippen molar-refractivity contribution in [2.75, 3.05) is 11.1 Å². The third-order valence-electron chi connectivity index (χ3n) is 3.04. The molecule has 0 radical (unpaired) electrons. The first-order chi connectivity index (χ1) is 9.38. The van der Waals surface area contributed by atoms with Gasteiger partial charge in [0.1, 0.15) is 5.82 Å². The lowest BCUT2D eigenvalue weighted by molar-refractivity contribution is 0.102. The number of aryl methyl sites for hydroxylation is 2. The van der Waals surface area contributed by atoms with Crippen molar-refractivity contribution in [3.63, 3.8) is 0 Å². The van der Waals surface area contributed by atoms with Crippen molar-refractivity contribution in [2.45, 2.75) is 13.8 Å². The molecule has 0 unspecified atom stereocenters. The van der Waals surface area contributed by atoms with Gasteiger partial charge in [-0.15, -0.1) is 0 Å². The van der Waals surface area contributed by atoms with Crippen LogP contribution in [0.15, 0.2) is 30.3 Å². The van der Waals surface area contributed by atoms with E-state index >= 15 is 0 Å². The second-order valence-corrected chi connectivity index (χ2v) is 5.04. The van der Waals surface area contributed by atoms with Crippen LogP contribution in [0.3, 0.4) is 0 Å². The van der Waals surface area contributed by atoms with E-state index in [9.17, 15) is 9.18 Å². The summed E-state index contributed by atoms with van der Waals surface area (Å²) in [4.78, 5) is 12.1. The van der Waals surface area contributed by atoms with E-state index in [1.807, 2.05) is 19.9 Å². The summed E-state index contributed by atoms with van der Waals surface area (Å²) in [5.41, 5.74) is 8.67. The van der Waals surface area contributed by atoms with Crippen molar-refractivity contribution >= 4 is 28.9 Å². The third-order valence-corrected chi connectivity index (χ3v) is 3.27. The number of amides is 1. The van der Waals surface area contributed by atoms with E-state index in [1.165, 1.54) is 12.1 Å². The summed E-state index contributed by atoms with van der Waals surface area (Å²) in [5.74, 6) is -1.20. The minimum absolute atomic E-state index is 0.0621. The summed E-state index contributed by atoms with van der Waals surface area (Å²) in [6.45, 7) is 3.73. The highest BCUT2D eigenvalue weighted by Crippen LogP contribution is 2.23. The molecular formula is C15H14ClFN2O. The minimum Gasteiger partial charge on any atom is -0.398 e. The number of benzene rings is 2. The van der Waals surface area contributed by atoms with Crippen LogP contribution >= 0.6 is 11.6 Å². The second kappa shape index (κ2) is 5.51. The Labute approximate surface area is 121 Å². The Balaban J connectivity index is 2.30. The van der Waals surface area contributed by atoms with E-state index in [2.05, 4.69) is 5.32 Å². The highest BCUT2D eigenvalue weighted by atomic mass is 35.5. The standard InChI is InChI=1S/C15H14ClFN2O/c1-8-5-9(2)14(7-13(8)18)19-15(20)11-4-3-10(16)6-12(11)17/h3-7H,18H2,1-2H3,(H,19,20). The van der Waals surface area contributed by atoms with Crippen LogP contribution in [0.25, 0.3) is 0 Å². The molecule has 5 heteroatoms. The maximum atomic E-state index is 13.7. The van der Waals surface area contributed by atoms with E-state index in [4.69, 9.17) is 17.3 Å². The Morgan fingerprint density at radius 2 is 1.90 bits per heavy atom. The predicted octanol–water partition coefficient (Wildman–Crippen LogP) is 3.93. The van der Waals surface area contributed by atoms with Crippen molar-refractivity contribution in [3.8, 4) is 0 Å². The molecule has 2 aromatic carbocycles. The van der Waals surface area contributed by atoms with E-state index in [-0.39, 0.29) is 10.6 Å². The molecule has 20 heavy (non-hydrogen) atoms. The molecule has 2 aromatic rings. The van der Waals surface area contributed by atoms with E-state index in [0.29, 0.717) is 11.4 Å². The number of nitrogens with one attached hydrogen (secondary N) is 1. The fourth-order valence-corrected chi connectivity index (χ4v) is 2.03. The highest BCUT2D eigenvalue weighted by molar-refractivity contribution is 6.30. The van der Waals surface area contributed by atoms with Gasteiger partial charge in [-0.3, -0.25) is 4.79 Å². The number of anilines is 2. The van der Waals surface area contributed by atoms with Crippen molar-refractivity contribution in [1.29, 1.82) is 0 Å². The molecule has 0 aliphatic rings. The number of carbonyl (C=O) groups excluding carboxylic acids is 1. The lowest BCUT2D eigenvalue weighted by atomic mass is 10.1. The average Bonchev–Trinajstić information content (AvgIpc) is 2.35. The fourth-order valence-electron chi connectivity index (χ4n) is 1.87. The molecule has 0 fully saturated rings. The molecule has 0 bridgehead atoms. The number of nitrogens with two attached hydrogens (primary N) is 1. The predicted molar refractivity (Wildman–Crippen MR) is 79.7 cm³/mol. The Morgan fingerprint density at radius 3 is 2.55 bits per heavy atom. The lowest BCUT2D eigenvalue weighted by Gasteiger charge is -2.11. The number of hydrogen-bond acceptors (Lipinski definition) is 2. The Kier molecular flexibility index (Phi) is 3.95. The van der Waals surface area contributed by atoms with Gasteiger partial charge < -0.3 is 11.1 Å². The quantitative estimate of drug-likeness (QED) is 0.824. The Morgan fingerprint density at radius 1 is 1.20 bits per heavy atom. The molecule has 0 aliphatic heterocycles. The summed E-state index contributed by atoms with van der Waals surface area (Å²) in [6.07, 6.45) is 0. The van der Waals surface area contributed by atoms with Crippen LogP contribution in [0.2, 0.25) is 5.02 Å². The number of hydrogen-bond donors (Lipinski definition) is 2. The zero-order chi connectivity index (χ0) is 14.9. The van der Waals surface area contributed by atoms with E-state index in [0.717, 1.165) is 17.2 Å². The molecular weight excluding hydrogens is 279 g/mol. The topological polar surface area (TPSA) is 55.1 Å². The average molecular weight is 293 g/mol. The SMILES string of the molecule is Cc1cc(C)c(NC(=O)c2ccc(Cl)cc2F)cc1N. The maximum Gasteiger partial charge on any atom is 0.258 e. The van der Waals surface area contributed by atoms with E-state index in [1.54, 1.807) is 6.07 Å². The first-order valence-electron chi connectivity index (χ1n) is 6.01. The van der Waals surface area contributed by atoms with Crippen LogP contribution in [-0.2, 0) is 0 Å². The summed E-state index contributed by atoms with van der Waals surface area (Å²) in [7, 11) is 0. The summed E-state index contributed by atoms with van der Waals surface area (Å²) < 4.78 is 13.7. The van der Waals surface area contributed by atoms with Gasteiger partial charge in [0.05, 0.1) is 5.56 Å². The maximum absolute atomic E-state index is 13.7. The highest BCUT2D eigenvalue weighted by Gasteiger charge is 2.13. The van der Waals surface area contributed by atoms with Crippen molar-refractivity contribution < 1.29 is 9.18 Å². The number of rotatable bonds is 2. The van der Waals surface area contributed by atoms with Gasteiger partial charge in [0, 0.05) is 16.4 Å².